The van der Waals surface area contributed by atoms with Gasteiger partial charge in [-0.3, -0.25) is 4.79 Å². The molecule has 1 aromatic carbocycles. The van der Waals surface area contributed by atoms with Crippen LogP contribution in [0, 0.1) is 0 Å². The number of unbranched alkanes of at least 4 members (excludes halogenated alkanes) is 1. The Morgan fingerprint density at radius 1 is 1.35 bits per heavy atom. The first-order valence-electron chi connectivity index (χ1n) is 8.70. The predicted molar refractivity (Wildman–Crippen MR) is 96.3 cm³/mol. The Hall–Kier alpha value is -1.99. The molecule has 0 bridgehead atoms. The number of aliphatic carboxylic acids is 1. The van der Waals surface area contributed by atoms with Crippen molar-refractivity contribution in [3.8, 4) is 11.5 Å². The quantitative estimate of drug-likeness (QED) is 0.692. The van der Waals surface area contributed by atoms with Gasteiger partial charge in [0, 0.05) is 12.1 Å². The Kier molecular flexibility index (Phi) is 7.53. The van der Waals surface area contributed by atoms with Crippen LogP contribution in [0.1, 0.15) is 37.0 Å². The van der Waals surface area contributed by atoms with Gasteiger partial charge in [0.2, 0.25) is 0 Å². The third-order valence-electron chi connectivity index (χ3n) is 3.93. The number of carboxylic acid groups (broad SMARTS) is 1. The summed E-state index contributed by atoms with van der Waals surface area (Å²) in [6, 6.07) is 3.11. The maximum Gasteiger partial charge on any atom is 0.334 e. The van der Waals surface area contributed by atoms with Crippen molar-refractivity contribution in [1.82, 2.24) is 4.90 Å². The number of hydrogen-bond acceptors (Lipinski definition) is 5. The van der Waals surface area contributed by atoms with E-state index in [1.807, 2.05) is 6.92 Å². The molecule has 0 spiro atoms. The number of nitrogens with zero attached hydrogens (tertiary/aromatic N) is 1. The number of morpholine rings is 1. The van der Waals surface area contributed by atoms with Crippen molar-refractivity contribution in [3.63, 3.8) is 0 Å². The second-order valence-corrected chi connectivity index (χ2v) is 6.28. The van der Waals surface area contributed by atoms with Gasteiger partial charge in [0.15, 0.2) is 17.6 Å². The Labute approximate surface area is 157 Å². The predicted octanol–water partition coefficient (Wildman–Crippen LogP) is 2.84. The Morgan fingerprint density at radius 3 is 2.77 bits per heavy atom. The fraction of sp³-hybridized carbons (Fsp3) is 0.556. The highest BCUT2D eigenvalue weighted by Crippen LogP contribution is 2.37. The largest absolute Gasteiger partial charge is 0.490 e. The molecule has 0 radical (unpaired) electrons. The van der Waals surface area contributed by atoms with Gasteiger partial charge in [-0.2, -0.15) is 0 Å². The molecular weight excluding hydrogens is 362 g/mol. The molecule has 0 aliphatic carbocycles. The molecule has 2 rings (SSSR count). The van der Waals surface area contributed by atoms with Crippen LogP contribution in [0.15, 0.2) is 12.1 Å². The van der Waals surface area contributed by atoms with Gasteiger partial charge in [0.05, 0.1) is 31.4 Å². The zero-order valence-electron chi connectivity index (χ0n) is 15.0. The Balaban J connectivity index is 2.22. The molecule has 1 aliphatic heterocycles. The topological polar surface area (TPSA) is 85.3 Å². The number of carboxylic acids is 1. The number of benzene rings is 1. The highest BCUT2D eigenvalue weighted by Gasteiger charge is 2.30. The zero-order valence-corrected chi connectivity index (χ0v) is 15.8. The van der Waals surface area contributed by atoms with Gasteiger partial charge in [0.1, 0.15) is 0 Å². The molecular formula is C18H24ClNO6. The van der Waals surface area contributed by atoms with Crippen LogP contribution < -0.4 is 9.47 Å². The first-order valence-corrected chi connectivity index (χ1v) is 9.08. The normalized spacial score (nSPS) is 17.0. The highest BCUT2D eigenvalue weighted by molar-refractivity contribution is 6.32. The van der Waals surface area contributed by atoms with Crippen LogP contribution in [0.2, 0.25) is 5.02 Å². The van der Waals surface area contributed by atoms with Gasteiger partial charge in [-0.05, 0) is 25.5 Å². The van der Waals surface area contributed by atoms with Gasteiger partial charge >= 0.3 is 5.97 Å². The van der Waals surface area contributed by atoms with Crippen molar-refractivity contribution < 1.29 is 28.9 Å². The maximum absolute atomic E-state index is 12.8. The van der Waals surface area contributed by atoms with E-state index in [-0.39, 0.29) is 19.1 Å². The lowest BCUT2D eigenvalue weighted by Gasteiger charge is -2.31. The average molecular weight is 386 g/mol. The molecule has 7 nitrogen and oxygen atoms in total. The lowest BCUT2D eigenvalue weighted by molar-refractivity contribution is -0.154. The maximum atomic E-state index is 12.8. The molecule has 1 N–H and O–H groups in total. The van der Waals surface area contributed by atoms with Gasteiger partial charge in [0.25, 0.3) is 5.91 Å². The van der Waals surface area contributed by atoms with Crippen LogP contribution in [0.25, 0.3) is 0 Å². The number of ether oxygens (including phenoxy) is 3. The molecule has 1 aromatic rings. The van der Waals surface area contributed by atoms with E-state index < -0.39 is 12.1 Å². The Morgan fingerprint density at radius 2 is 2.12 bits per heavy atom. The summed E-state index contributed by atoms with van der Waals surface area (Å²) < 4.78 is 16.4. The van der Waals surface area contributed by atoms with Gasteiger partial charge in [-0.25, -0.2) is 4.79 Å². The summed E-state index contributed by atoms with van der Waals surface area (Å²) in [4.78, 5) is 25.3. The molecule has 1 atom stereocenters. The van der Waals surface area contributed by atoms with E-state index in [1.54, 1.807) is 6.07 Å². The van der Waals surface area contributed by atoms with Gasteiger partial charge < -0.3 is 24.2 Å². The van der Waals surface area contributed by atoms with Crippen molar-refractivity contribution in [3.05, 3.63) is 22.7 Å². The van der Waals surface area contributed by atoms with E-state index >= 15 is 0 Å². The van der Waals surface area contributed by atoms with Crippen LogP contribution in [-0.4, -0.2) is 60.9 Å². The standard InChI is InChI=1S/C18H24ClNO6/c1-3-5-7-26-16-13(19)9-12(10-14(16)24-4-2)17(21)20-6-8-25-15(11-20)18(22)23/h9-10,15H,3-8,11H2,1-2H3,(H,22,23)/t15-/m1/s1. The second kappa shape index (κ2) is 9.64. The lowest BCUT2D eigenvalue weighted by atomic mass is 10.1. The minimum Gasteiger partial charge on any atom is -0.490 e. The Bertz CT molecular complexity index is 651. The molecule has 8 heteroatoms. The number of halogens is 1. The second-order valence-electron chi connectivity index (χ2n) is 5.87. The summed E-state index contributed by atoms with van der Waals surface area (Å²) in [6.07, 6.45) is 0.846. The summed E-state index contributed by atoms with van der Waals surface area (Å²) in [7, 11) is 0. The highest BCUT2D eigenvalue weighted by atomic mass is 35.5. The smallest absolute Gasteiger partial charge is 0.334 e. The van der Waals surface area contributed by atoms with E-state index in [1.165, 1.54) is 11.0 Å². The lowest BCUT2D eigenvalue weighted by Crippen LogP contribution is -2.48. The summed E-state index contributed by atoms with van der Waals surface area (Å²) in [5.74, 6) is -0.580. The van der Waals surface area contributed by atoms with E-state index in [4.69, 9.17) is 30.9 Å². The fourth-order valence-corrected chi connectivity index (χ4v) is 2.84. The summed E-state index contributed by atoms with van der Waals surface area (Å²) in [5.41, 5.74) is 0.326. The fourth-order valence-electron chi connectivity index (χ4n) is 2.58. The first-order chi connectivity index (χ1) is 12.5. The van der Waals surface area contributed by atoms with Crippen LogP contribution in [-0.2, 0) is 9.53 Å². The molecule has 26 heavy (non-hydrogen) atoms. The van der Waals surface area contributed by atoms with E-state index in [0.29, 0.717) is 41.8 Å². The number of carbonyl (C=O) groups excluding carboxylic acids is 1. The van der Waals surface area contributed by atoms with Crippen molar-refractivity contribution >= 4 is 23.5 Å². The monoisotopic (exact) mass is 385 g/mol. The van der Waals surface area contributed by atoms with E-state index in [0.717, 1.165) is 12.8 Å². The zero-order chi connectivity index (χ0) is 19.1. The van der Waals surface area contributed by atoms with Crippen molar-refractivity contribution in [2.75, 3.05) is 32.9 Å². The first kappa shape index (κ1) is 20.3. The summed E-state index contributed by atoms with van der Waals surface area (Å²) in [6.45, 7) is 5.28. The van der Waals surface area contributed by atoms with Crippen molar-refractivity contribution in [1.29, 1.82) is 0 Å². The van der Waals surface area contributed by atoms with Crippen LogP contribution in [0.5, 0.6) is 11.5 Å². The van der Waals surface area contributed by atoms with Crippen molar-refractivity contribution in [2.45, 2.75) is 32.8 Å². The molecule has 1 aliphatic rings. The van der Waals surface area contributed by atoms with E-state index in [2.05, 4.69) is 6.92 Å². The molecule has 1 amide bonds. The third kappa shape index (κ3) is 5.02. The molecule has 0 unspecified atom stereocenters. The minimum absolute atomic E-state index is 0.00942. The van der Waals surface area contributed by atoms with Crippen LogP contribution in [0.4, 0.5) is 0 Å². The average Bonchev–Trinajstić information content (AvgIpc) is 2.63. The SMILES string of the molecule is CCCCOc1c(Cl)cc(C(=O)N2CCO[C@@H](C(=O)O)C2)cc1OCC. The summed E-state index contributed by atoms with van der Waals surface area (Å²) >= 11 is 6.32. The number of carbonyl (C=O) groups is 2. The summed E-state index contributed by atoms with van der Waals surface area (Å²) in [5, 5.41) is 9.38. The van der Waals surface area contributed by atoms with Crippen molar-refractivity contribution in [2.24, 2.45) is 0 Å². The van der Waals surface area contributed by atoms with E-state index in [9.17, 15) is 9.59 Å². The number of hydrogen-bond donors (Lipinski definition) is 1. The number of rotatable bonds is 8. The molecule has 1 heterocycles. The van der Waals surface area contributed by atoms with Crippen LogP contribution in [0.3, 0.4) is 0 Å². The molecule has 144 valence electrons. The molecule has 0 aromatic heterocycles. The minimum atomic E-state index is -1.09. The molecule has 1 saturated heterocycles. The van der Waals surface area contributed by atoms with Gasteiger partial charge in [-0.15, -0.1) is 0 Å². The van der Waals surface area contributed by atoms with Gasteiger partial charge in [-0.1, -0.05) is 24.9 Å². The number of amides is 1. The molecule has 1 fully saturated rings. The van der Waals surface area contributed by atoms with Crippen LogP contribution >= 0.6 is 11.6 Å². The third-order valence-corrected chi connectivity index (χ3v) is 4.21. The molecule has 0 saturated carbocycles.